The summed E-state index contributed by atoms with van der Waals surface area (Å²) in [5, 5.41) is 14.9. The Hall–Kier alpha value is -2.64. The lowest BCUT2D eigenvalue weighted by molar-refractivity contribution is -0.137. The highest BCUT2D eigenvalue weighted by Gasteiger charge is 2.23. The largest absolute Gasteiger partial charge is 0.497 e. The van der Waals surface area contributed by atoms with E-state index in [0.717, 1.165) is 18.5 Å². The van der Waals surface area contributed by atoms with Crippen LogP contribution in [0.2, 0.25) is 0 Å². The van der Waals surface area contributed by atoms with Crippen LogP contribution < -0.4 is 20.1 Å². The zero-order valence-electron chi connectivity index (χ0n) is 15.3. The highest BCUT2D eigenvalue weighted by Crippen LogP contribution is 2.27. The van der Waals surface area contributed by atoms with Gasteiger partial charge in [0.15, 0.2) is 0 Å². The van der Waals surface area contributed by atoms with Crippen LogP contribution in [0.4, 0.5) is 10.5 Å². The number of rotatable bonds is 8. The van der Waals surface area contributed by atoms with E-state index in [0.29, 0.717) is 37.6 Å². The lowest BCUT2D eigenvalue weighted by Crippen LogP contribution is -2.49. The maximum absolute atomic E-state index is 12.2. The van der Waals surface area contributed by atoms with Gasteiger partial charge in [-0.3, -0.25) is 4.79 Å². The smallest absolute Gasteiger partial charge is 0.317 e. The molecule has 1 aliphatic rings. The fraction of sp³-hybridized carbons (Fsp3) is 0.556. The van der Waals surface area contributed by atoms with E-state index in [9.17, 15) is 9.59 Å². The summed E-state index contributed by atoms with van der Waals surface area (Å²) >= 11 is 0. The minimum Gasteiger partial charge on any atom is -0.497 e. The van der Waals surface area contributed by atoms with Crippen molar-refractivity contribution in [2.75, 3.05) is 39.2 Å². The lowest BCUT2D eigenvalue weighted by atomic mass is 10.1. The molecule has 0 saturated carbocycles. The first-order valence-corrected chi connectivity index (χ1v) is 8.76. The Morgan fingerprint density at radius 3 is 2.54 bits per heavy atom. The summed E-state index contributed by atoms with van der Waals surface area (Å²) in [7, 11) is 3.21. The van der Waals surface area contributed by atoms with Crippen molar-refractivity contribution in [3.05, 3.63) is 18.2 Å². The zero-order valence-corrected chi connectivity index (χ0v) is 15.3. The molecule has 1 aromatic rings. The number of ether oxygens (including phenoxy) is 2. The molecular formula is C18H27N3O5. The van der Waals surface area contributed by atoms with E-state index < -0.39 is 5.97 Å². The average Bonchev–Trinajstić information content (AvgIpc) is 2.64. The minimum absolute atomic E-state index is 0.0577. The molecule has 2 rings (SSSR count). The summed E-state index contributed by atoms with van der Waals surface area (Å²) in [6, 6.07) is 5.58. The van der Waals surface area contributed by atoms with Crippen molar-refractivity contribution in [2.45, 2.75) is 31.7 Å². The summed E-state index contributed by atoms with van der Waals surface area (Å²) in [5.74, 6) is 0.557. The summed E-state index contributed by atoms with van der Waals surface area (Å²) < 4.78 is 10.6. The molecule has 0 bridgehead atoms. The number of hydrogen-bond donors (Lipinski definition) is 3. The average molecular weight is 365 g/mol. The molecule has 1 aromatic carbocycles. The third-order valence-electron chi connectivity index (χ3n) is 4.27. The van der Waals surface area contributed by atoms with Gasteiger partial charge in [0, 0.05) is 56.0 Å². The predicted molar refractivity (Wildman–Crippen MR) is 98.0 cm³/mol. The minimum atomic E-state index is -0.852. The molecule has 8 nitrogen and oxygen atoms in total. The topological polar surface area (TPSA) is 100 Å². The number of piperidine rings is 1. The Bertz CT molecular complexity index is 601. The van der Waals surface area contributed by atoms with Crippen LogP contribution in [-0.4, -0.2) is 61.9 Å². The van der Waals surface area contributed by atoms with Gasteiger partial charge in [0.05, 0.1) is 14.2 Å². The van der Waals surface area contributed by atoms with Crippen LogP contribution in [-0.2, 0) is 4.79 Å². The van der Waals surface area contributed by atoms with Crippen molar-refractivity contribution in [3.63, 3.8) is 0 Å². The van der Waals surface area contributed by atoms with Crippen LogP contribution in [0.25, 0.3) is 0 Å². The Balaban J connectivity index is 1.87. The van der Waals surface area contributed by atoms with Crippen LogP contribution in [0.1, 0.15) is 25.7 Å². The fourth-order valence-electron chi connectivity index (χ4n) is 2.95. The van der Waals surface area contributed by atoms with Crippen LogP contribution >= 0.6 is 0 Å². The van der Waals surface area contributed by atoms with Crippen molar-refractivity contribution in [1.29, 1.82) is 0 Å². The molecule has 1 unspecified atom stereocenters. The Morgan fingerprint density at radius 1 is 1.23 bits per heavy atom. The molecule has 8 heteroatoms. The first-order chi connectivity index (χ1) is 12.5. The lowest BCUT2D eigenvalue weighted by Gasteiger charge is -2.33. The highest BCUT2D eigenvalue weighted by molar-refractivity contribution is 5.74. The fourth-order valence-corrected chi connectivity index (χ4v) is 2.95. The maximum atomic E-state index is 12.2. The van der Waals surface area contributed by atoms with Gasteiger partial charge in [-0.25, -0.2) is 4.79 Å². The molecule has 0 aliphatic carbocycles. The molecule has 0 spiro atoms. The van der Waals surface area contributed by atoms with Crippen molar-refractivity contribution < 1.29 is 24.2 Å². The molecule has 144 valence electrons. The van der Waals surface area contributed by atoms with Crippen LogP contribution in [0, 0.1) is 0 Å². The SMILES string of the molecule is COc1cc(NC2CCCN(C(=O)NCCCC(=O)O)C2)cc(OC)c1. The molecule has 1 aliphatic heterocycles. The van der Waals surface area contributed by atoms with E-state index in [2.05, 4.69) is 10.6 Å². The van der Waals surface area contributed by atoms with Crippen molar-refractivity contribution in [2.24, 2.45) is 0 Å². The molecular weight excluding hydrogens is 338 g/mol. The Morgan fingerprint density at radius 2 is 1.92 bits per heavy atom. The van der Waals surface area contributed by atoms with E-state index in [1.165, 1.54) is 0 Å². The van der Waals surface area contributed by atoms with Gasteiger partial charge in [-0.15, -0.1) is 0 Å². The summed E-state index contributed by atoms with van der Waals surface area (Å²) in [6.45, 7) is 1.65. The number of carboxylic acids is 1. The normalized spacial score (nSPS) is 16.7. The van der Waals surface area contributed by atoms with Crippen LogP contribution in [0.5, 0.6) is 11.5 Å². The first-order valence-electron chi connectivity index (χ1n) is 8.76. The monoisotopic (exact) mass is 365 g/mol. The Kier molecular flexibility index (Phi) is 7.37. The second-order valence-electron chi connectivity index (χ2n) is 6.26. The molecule has 1 atom stereocenters. The molecule has 1 saturated heterocycles. The van der Waals surface area contributed by atoms with Crippen molar-refractivity contribution in [1.82, 2.24) is 10.2 Å². The number of urea groups is 1. The van der Waals surface area contributed by atoms with E-state index in [1.807, 2.05) is 18.2 Å². The van der Waals surface area contributed by atoms with Gasteiger partial charge in [-0.05, 0) is 19.3 Å². The number of nitrogens with one attached hydrogen (secondary N) is 2. The number of carbonyl (C=O) groups excluding carboxylic acids is 1. The second-order valence-corrected chi connectivity index (χ2v) is 6.26. The van der Waals surface area contributed by atoms with Crippen molar-refractivity contribution >= 4 is 17.7 Å². The first kappa shape index (κ1) is 19.7. The Labute approximate surface area is 153 Å². The molecule has 3 N–H and O–H groups in total. The number of likely N-dealkylation sites (tertiary alicyclic amines) is 1. The van der Waals surface area contributed by atoms with Gasteiger partial charge in [0.1, 0.15) is 11.5 Å². The van der Waals surface area contributed by atoms with Crippen LogP contribution in [0.3, 0.4) is 0 Å². The standard InChI is InChI=1S/C18H27N3O5/c1-25-15-9-14(10-16(11-15)26-2)20-13-5-4-8-21(12-13)18(24)19-7-3-6-17(22)23/h9-11,13,20H,3-8,12H2,1-2H3,(H,19,24)(H,22,23). The third-order valence-corrected chi connectivity index (χ3v) is 4.27. The van der Waals surface area contributed by atoms with Gasteiger partial charge >= 0.3 is 12.0 Å². The van der Waals surface area contributed by atoms with Gasteiger partial charge in [-0.2, -0.15) is 0 Å². The van der Waals surface area contributed by atoms with E-state index >= 15 is 0 Å². The summed E-state index contributed by atoms with van der Waals surface area (Å²) in [6.07, 6.45) is 2.35. The number of hydrogen-bond acceptors (Lipinski definition) is 5. The molecule has 1 heterocycles. The number of benzene rings is 1. The number of carboxylic acid groups (broad SMARTS) is 1. The third kappa shape index (κ3) is 6.02. The molecule has 0 aromatic heterocycles. The number of amides is 2. The van der Waals surface area contributed by atoms with Crippen molar-refractivity contribution in [3.8, 4) is 11.5 Å². The van der Waals surface area contributed by atoms with Crippen LogP contribution in [0.15, 0.2) is 18.2 Å². The second kappa shape index (κ2) is 9.74. The molecule has 0 radical (unpaired) electrons. The van der Waals surface area contributed by atoms with Gasteiger partial charge in [0.2, 0.25) is 0 Å². The molecule has 1 fully saturated rings. The predicted octanol–water partition coefficient (Wildman–Crippen LogP) is 2.15. The maximum Gasteiger partial charge on any atom is 0.317 e. The van der Waals surface area contributed by atoms with Gasteiger partial charge in [0.25, 0.3) is 0 Å². The van der Waals surface area contributed by atoms with Gasteiger partial charge in [-0.1, -0.05) is 0 Å². The van der Waals surface area contributed by atoms with E-state index in [4.69, 9.17) is 14.6 Å². The number of carbonyl (C=O) groups is 2. The number of nitrogens with zero attached hydrogens (tertiary/aromatic N) is 1. The molecule has 2 amide bonds. The zero-order chi connectivity index (χ0) is 18.9. The quantitative estimate of drug-likeness (QED) is 0.611. The number of anilines is 1. The van der Waals surface area contributed by atoms with Gasteiger partial charge < -0.3 is 30.1 Å². The van der Waals surface area contributed by atoms with E-state index in [-0.39, 0.29) is 18.5 Å². The number of aliphatic carboxylic acids is 1. The van der Waals surface area contributed by atoms with E-state index in [1.54, 1.807) is 19.1 Å². The number of methoxy groups -OCH3 is 2. The summed E-state index contributed by atoms with van der Waals surface area (Å²) in [5.41, 5.74) is 0.884. The molecule has 26 heavy (non-hydrogen) atoms. The highest BCUT2D eigenvalue weighted by atomic mass is 16.5. The summed E-state index contributed by atoms with van der Waals surface area (Å²) in [4.78, 5) is 24.5.